The number of hydrogen-bond acceptors (Lipinski definition) is 1. The van der Waals surface area contributed by atoms with Crippen molar-refractivity contribution in [1.82, 2.24) is 0 Å². The van der Waals surface area contributed by atoms with E-state index in [-0.39, 0.29) is 11.1 Å². The summed E-state index contributed by atoms with van der Waals surface area (Å²) in [5.74, 6) is -5.23. The van der Waals surface area contributed by atoms with Gasteiger partial charge in [0.05, 0.1) is 5.56 Å². The van der Waals surface area contributed by atoms with E-state index in [2.05, 4.69) is 0 Å². The van der Waals surface area contributed by atoms with Gasteiger partial charge in [-0.1, -0.05) is 18.2 Å². The molecule has 104 valence electrons. The van der Waals surface area contributed by atoms with Crippen molar-refractivity contribution in [2.24, 2.45) is 0 Å². The van der Waals surface area contributed by atoms with Gasteiger partial charge in [-0.25, -0.2) is 17.6 Å². The Hall–Kier alpha value is -2.17. The number of rotatable bonds is 3. The van der Waals surface area contributed by atoms with Gasteiger partial charge in [0.15, 0.2) is 17.4 Å². The molecule has 0 N–H and O–H groups in total. The topological polar surface area (TPSA) is 17.1 Å². The van der Waals surface area contributed by atoms with Crippen molar-refractivity contribution < 1.29 is 22.4 Å². The van der Waals surface area contributed by atoms with Gasteiger partial charge in [-0.3, -0.25) is 4.79 Å². The van der Waals surface area contributed by atoms with Crippen molar-refractivity contribution >= 4 is 5.78 Å². The standard InChI is InChI=1S/C15H10F4O/c1-8-5-6-10(16)13(14(8)18)12(20)7-9-3-2-4-11(17)15(9)19/h2-6H,7H2,1H3. The molecule has 0 saturated heterocycles. The molecule has 0 aliphatic heterocycles. The number of carbonyl (C=O) groups excluding carboxylic acids is 1. The molecule has 0 spiro atoms. The summed E-state index contributed by atoms with van der Waals surface area (Å²) in [7, 11) is 0. The first-order valence-electron chi connectivity index (χ1n) is 5.82. The fraction of sp³-hybridized carbons (Fsp3) is 0.133. The molecule has 5 heteroatoms. The van der Waals surface area contributed by atoms with Crippen LogP contribution < -0.4 is 0 Å². The number of benzene rings is 2. The second-order valence-corrected chi connectivity index (χ2v) is 4.37. The molecule has 0 unspecified atom stereocenters. The first-order valence-corrected chi connectivity index (χ1v) is 5.82. The minimum atomic E-state index is -1.19. The summed E-state index contributed by atoms with van der Waals surface area (Å²) in [6.45, 7) is 1.38. The van der Waals surface area contributed by atoms with Crippen molar-refractivity contribution in [3.63, 3.8) is 0 Å². The zero-order valence-electron chi connectivity index (χ0n) is 10.5. The molecule has 0 radical (unpaired) electrons. The van der Waals surface area contributed by atoms with E-state index in [1.165, 1.54) is 25.1 Å². The lowest BCUT2D eigenvalue weighted by atomic mass is 10.00. The highest BCUT2D eigenvalue weighted by Gasteiger charge is 2.21. The smallest absolute Gasteiger partial charge is 0.173 e. The Kier molecular flexibility index (Phi) is 3.88. The summed E-state index contributed by atoms with van der Waals surface area (Å²) in [4.78, 5) is 11.9. The highest BCUT2D eigenvalue weighted by molar-refractivity contribution is 5.98. The lowest BCUT2D eigenvalue weighted by molar-refractivity contribution is 0.0983. The molecular weight excluding hydrogens is 272 g/mol. The van der Waals surface area contributed by atoms with Gasteiger partial charge in [-0.05, 0) is 30.2 Å². The first-order chi connectivity index (χ1) is 9.41. The van der Waals surface area contributed by atoms with Crippen LogP contribution in [0, 0.1) is 30.2 Å². The van der Waals surface area contributed by atoms with Crippen LogP contribution in [0.25, 0.3) is 0 Å². The van der Waals surface area contributed by atoms with Gasteiger partial charge in [0.25, 0.3) is 0 Å². The quantitative estimate of drug-likeness (QED) is 0.615. The van der Waals surface area contributed by atoms with E-state index in [0.29, 0.717) is 0 Å². The molecule has 0 heterocycles. The van der Waals surface area contributed by atoms with Gasteiger partial charge >= 0.3 is 0 Å². The van der Waals surface area contributed by atoms with Crippen molar-refractivity contribution in [3.8, 4) is 0 Å². The molecule has 0 saturated carbocycles. The van der Waals surface area contributed by atoms with E-state index < -0.39 is 41.0 Å². The van der Waals surface area contributed by atoms with Crippen LogP contribution in [0.5, 0.6) is 0 Å². The molecule has 0 amide bonds. The molecule has 2 aromatic carbocycles. The number of halogens is 4. The van der Waals surface area contributed by atoms with E-state index in [0.717, 1.165) is 12.1 Å². The van der Waals surface area contributed by atoms with Crippen LogP contribution in [0.1, 0.15) is 21.5 Å². The predicted octanol–water partition coefficient (Wildman–Crippen LogP) is 3.98. The van der Waals surface area contributed by atoms with E-state index in [1.54, 1.807) is 0 Å². The Bertz CT molecular complexity index is 680. The number of Topliss-reactive ketones (excluding diaryl/α,β-unsaturated/α-hetero) is 1. The fourth-order valence-electron chi connectivity index (χ4n) is 1.86. The van der Waals surface area contributed by atoms with Crippen molar-refractivity contribution in [2.45, 2.75) is 13.3 Å². The molecule has 0 fully saturated rings. The van der Waals surface area contributed by atoms with Gasteiger partial charge in [0, 0.05) is 6.42 Å². The Labute approximate surface area is 112 Å². The highest BCUT2D eigenvalue weighted by atomic mass is 19.2. The average molecular weight is 282 g/mol. The van der Waals surface area contributed by atoms with Gasteiger partial charge in [0.2, 0.25) is 0 Å². The van der Waals surface area contributed by atoms with Crippen LogP contribution in [0.15, 0.2) is 30.3 Å². The molecule has 2 rings (SSSR count). The lowest BCUT2D eigenvalue weighted by Crippen LogP contribution is -2.11. The second kappa shape index (κ2) is 5.45. The third-order valence-electron chi connectivity index (χ3n) is 2.95. The third kappa shape index (κ3) is 2.57. The summed E-state index contributed by atoms with van der Waals surface area (Å²) >= 11 is 0. The van der Waals surface area contributed by atoms with Crippen LogP contribution in [0.2, 0.25) is 0 Å². The SMILES string of the molecule is Cc1ccc(F)c(C(=O)Cc2cccc(F)c2F)c1F. The molecule has 0 aromatic heterocycles. The van der Waals surface area contributed by atoms with Gasteiger partial charge < -0.3 is 0 Å². The third-order valence-corrected chi connectivity index (χ3v) is 2.95. The maximum atomic E-state index is 13.8. The molecule has 0 atom stereocenters. The molecule has 0 bridgehead atoms. The molecule has 0 aliphatic rings. The van der Waals surface area contributed by atoms with E-state index >= 15 is 0 Å². The molecule has 0 aliphatic carbocycles. The Morgan fingerprint density at radius 1 is 0.950 bits per heavy atom. The summed E-state index contributed by atoms with van der Waals surface area (Å²) < 4.78 is 53.8. The first kappa shape index (κ1) is 14.2. The fourth-order valence-corrected chi connectivity index (χ4v) is 1.86. The Morgan fingerprint density at radius 2 is 1.65 bits per heavy atom. The van der Waals surface area contributed by atoms with E-state index in [9.17, 15) is 22.4 Å². The predicted molar refractivity (Wildman–Crippen MR) is 65.5 cm³/mol. The molecular formula is C15H10F4O. The zero-order valence-corrected chi connectivity index (χ0v) is 10.5. The normalized spacial score (nSPS) is 10.7. The van der Waals surface area contributed by atoms with Crippen LogP contribution in [-0.4, -0.2) is 5.78 Å². The summed E-state index contributed by atoms with van der Waals surface area (Å²) in [5.41, 5.74) is -0.863. The van der Waals surface area contributed by atoms with Gasteiger partial charge in [-0.2, -0.15) is 0 Å². The minimum Gasteiger partial charge on any atom is -0.294 e. The van der Waals surface area contributed by atoms with Crippen LogP contribution in [0.3, 0.4) is 0 Å². The summed E-state index contributed by atoms with van der Waals surface area (Å²) in [6.07, 6.45) is -0.610. The summed E-state index contributed by atoms with van der Waals surface area (Å²) in [6, 6.07) is 5.49. The maximum Gasteiger partial charge on any atom is 0.173 e. The van der Waals surface area contributed by atoms with Crippen molar-refractivity contribution in [1.29, 1.82) is 0 Å². The monoisotopic (exact) mass is 282 g/mol. The highest BCUT2D eigenvalue weighted by Crippen LogP contribution is 2.20. The molecule has 20 heavy (non-hydrogen) atoms. The van der Waals surface area contributed by atoms with Crippen LogP contribution >= 0.6 is 0 Å². The average Bonchev–Trinajstić information content (AvgIpc) is 2.40. The summed E-state index contributed by atoms with van der Waals surface area (Å²) in [5, 5.41) is 0. The van der Waals surface area contributed by atoms with Crippen molar-refractivity contribution in [2.75, 3.05) is 0 Å². The number of carbonyl (C=O) groups is 1. The number of hydrogen-bond donors (Lipinski definition) is 0. The molecule has 1 nitrogen and oxygen atoms in total. The van der Waals surface area contributed by atoms with Crippen LogP contribution in [-0.2, 0) is 6.42 Å². The van der Waals surface area contributed by atoms with E-state index in [4.69, 9.17) is 0 Å². The van der Waals surface area contributed by atoms with Crippen LogP contribution in [0.4, 0.5) is 17.6 Å². The maximum absolute atomic E-state index is 13.8. The Morgan fingerprint density at radius 3 is 2.35 bits per heavy atom. The molecule has 2 aromatic rings. The van der Waals surface area contributed by atoms with Gasteiger partial charge in [0.1, 0.15) is 11.6 Å². The lowest BCUT2D eigenvalue weighted by Gasteiger charge is -2.07. The van der Waals surface area contributed by atoms with Crippen molar-refractivity contribution in [3.05, 3.63) is 70.3 Å². The Balaban J connectivity index is 2.39. The van der Waals surface area contributed by atoms with E-state index in [1.807, 2.05) is 0 Å². The number of ketones is 1. The zero-order chi connectivity index (χ0) is 14.9. The second-order valence-electron chi connectivity index (χ2n) is 4.37. The largest absolute Gasteiger partial charge is 0.294 e. The van der Waals surface area contributed by atoms with Gasteiger partial charge in [-0.15, -0.1) is 0 Å². The number of aryl methyl sites for hydroxylation is 1. The minimum absolute atomic E-state index is 0.106.